The van der Waals surface area contributed by atoms with Gasteiger partial charge in [0, 0.05) is 37.5 Å². The molecule has 8 nitrogen and oxygen atoms in total. The van der Waals surface area contributed by atoms with E-state index in [1.54, 1.807) is 6.20 Å². The zero-order valence-corrected chi connectivity index (χ0v) is 22.9. The largest absolute Gasteiger partial charge is 0.489 e. The van der Waals surface area contributed by atoms with Gasteiger partial charge >= 0.3 is 0 Å². The van der Waals surface area contributed by atoms with E-state index in [0.29, 0.717) is 16.3 Å². The molecule has 2 aromatic carbocycles. The van der Waals surface area contributed by atoms with Gasteiger partial charge in [0.2, 0.25) is 5.95 Å². The van der Waals surface area contributed by atoms with Crippen LogP contribution in [0.15, 0.2) is 54.7 Å². The van der Waals surface area contributed by atoms with Gasteiger partial charge in [0.15, 0.2) is 0 Å². The lowest BCUT2D eigenvalue weighted by molar-refractivity contribution is 0.100. The van der Waals surface area contributed by atoms with Crippen molar-refractivity contribution in [2.45, 2.75) is 32.8 Å². The molecule has 1 saturated heterocycles. The smallest absolute Gasteiger partial charge is 0.259 e. The number of carbonyl (C=O) groups excluding carboxylic acids is 1. The summed E-state index contributed by atoms with van der Waals surface area (Å²) in [6, 6.07) is 15.9. The van der Waals surface area contributed by atoms with Crippen LogP contribution in [0.1, 0.15) is 36.4 Å². The lowest BCUT2D eigenvalue weighted by atomic mass is 10.1. The van der Waals surface area contributed by atoms with Crippen molar-refractivity contribution in [1.29, 1.82) is 0 Å². The lowest BCUT2D eigenvalue weighted by Gasteiger charge is -2.24. The van der Waals surface area contributed by atoms with Gasteiger partial charge in [-0.05, 0) is 57.5 Å². The van der Waals surface area contributed by atoms with Crippen LogP contribution in [0.5, 0.6) is 5.75 Å². The Balaban J connectivity index is 1.44. The minimum Gasteiger partial charge on any atom is -0.489 e. The Bertz CT molecular complexity index is 1420. The normalized spacial score (nSPS) is 13.8. The predicted octanol–water partition coefficient (Wildman–Crippen LogP) is 5.52. The van der Waals surface area contributed by atoms with Crippen LogP contribution in [0.3, 0.4) is 0 Å². The van der Waals surface area contributed by atoms with Crippen LogP contribution < -0.4 is 20.7 Å². The molecule has 0 saturated carbocycles. The molecule has 0 radical (unpaired) electrons. The molecular weight excluding hydrogens is 496 g/mol. The van der Waals surface area contributed by atoms with Crippen LogP contribution in [-0.4, -0.2) is 60.1 Å². The average molecular weight is 531 g/mol. The van der Waals surface area contributed by atoms with Gasteiger partial charge in [-0.3, -0.25) is 4.79 Å². The highest BCUT2D eigenvalue weighted by Gasteiger charge is 2.20. The average Bonchev–Trinajstić information content (AvgIpc) is 3.56. The summed E-state index contributed by atoms with van der Waals surface area (Å²) >= 11 is 1.31. The number of nitrogens with zero attached hydrogens (tertiary/aromatic N) is 4. The molecule has 38 heavy (non-hydrogen) atoms. The van der Waals surface area contributed by atoms with E-state index in [9.17, 15) is 4.79 Å². The van der Waals surface area contributed by atoms with E-state index in [4.69, 9.17) is 15.5 Å². The highest BCUT2D eigenvalue weighted by Crippen LogP contribution is 2.38. The summed E-state index contributed by atoms with van der Waals surface area (Å²) in [7, 11) is 2.12. The summed E-state index contributed by atoms with van der Waals surface area (Å²) in [5.74, 6) is 0.686. The zero-order chi connectivity index (χ0) is 26.6. The first-order valence-corrected chi connectivity index (χ1v) is 13.9. The number of hydrogen-bond acceptors (Lipinski definition) is 8. The fraction of sp³-hybridized carbons (Fsp3) is 0.345. The van der Waals surface area contributed by atoms with E-state index in [0.717, 1.165) is 46.0 Å². The van der Waals surface area contributed by atoms with Crippen LogP contribution in [0, 0.1) is 0 Å². The monoisotopic (exact) mass is 530 g/mol. The summed E-state index contributed by atoms with van der Waals surface area (Å²) in [6.07, 6.45) is 4.33. The van der Waals surface area contributed by atoms with Gasteiger partial charge in [-0.2, -0.15) is 0 Å². The van der Waals surface area contributed by atoms with Crippen molar-refractivity contribution in [3.63, 3.8) is 0 Å². The number of ether oxygens (including phenoxy) is 1. The summed E-state index contributed by atoms with van der Waals surface area (Å²) in [5, 5.41) is 3.34. The molecule has 0 aliphatic carbocycles. The number of amides is 1. The van der Waals surface area contributed by atoms with E-state index >= 15 is 0 Å². The van der Waals surface area contributed by atoms with Crippen molar-refractivity contribution in [3.8, 4) is 16.9 Å². The van der Waals surface area contributed by atoms with Gasteiger partial charge in [-0.1, -0.05) is 30.3 Å². The van der Waals surface area contributed by atoms with Crippen LogP contribution in [-0.2, 0) is 0 Å². The number of nitrogens with one attached hydrogen (secondary N) is 1. The molecule has 9 heteroatoms. The Labute approximate surface area is 227 Å². The molecule has 1 aliphatic heterocycles. The molecule has 0 atom stereocenters. The SMILES string of the molecule is CC(C)Oc1cc(N(C)CCN2CCCC2)ccc1Nc1ncc2sc(C(N)=O)c(-c3ccccc3)c2n1. The number of nitrogens with two attached hydrogens (primary N) is 1. The zero-order valence-electron chi connectivity index (χ0n) is 22.1. The molecule has 0 unspecified atom stereocenters. The standard InChI is InChI=1S/C29H34N6O2S/c1-19(2)37-23-17-21(34(3)15-16-35-13-7-8-14-35)11-12-22(23)32-29-31-18-24-26(33-29)25(27(38-24)28(30)36)20-9-5-4-6-10-20/h4-6,9-12,17-19H,7-8,13-16H2,1-3H3,(H2,30,36)(H,31,32,33). The molecule has 4 aromatic rings. The maximum absolute atomic E-state index is 12.2. The Morgan fingerprint density at radius 3 is 2.66 bits per heavy atom. The van der Waals surface area contributed by atoms with E-state index in [1.807, 2.05) is 50.2 Å². The van der Waals surface area contributed by atoms with Gasteiger partial charge < -0.3 is 25.6 Å². The van der Waals surface area contributed by atoms with E-state index < -0.39 is 5.91 Å². The van der Waals surface area contributed by atoms with Crippen molar-refractivity contribution < 1.29 is 9.53 Å². The quantitative estimate of drug-likeness (QED) is 0.279. The molecular formula is C29H34N6O2S. The van der Waals surface area contributed by atoms with Crippen LogP contribution in [0.25, 0.3) is 21.3 Å². The van der Waals surface area contributed by atoms with Crippen LogP contribution in [0.4, 0.5) is 17.3 Å². The van der Waals surface area contributed by atoms with Gasteiger partial charge in [-0.25, -0.2) is 9.97 Å². The molecule has 0 spiro atoms. The Kier molecular flexibility index (Phi) is 7.76. The number of likely N-dealkylation sites (N-methyl/N-ethyl adjacent to an activating group) is 1. The number of benzene rings is 2. The lowest BCUT2D eigenvalue weighted by Crippen LogP contribution is -2.31. The Morgan fingerprint density at radius 1 is 1.18 bits per heavy atom. The number of carbonyl (C=O) groups is 1. The first-order valence-electron chi connectivity index (χ1n) is 13.0. The number of rotatable bonds is 10. The number of likely N-dealkylation sites (tertiary alicyclic amines) is 1. The summed E-state index contributed by atoms with van der Waals surface area (Å²) in [5.41, 5.74) is 9.91. The number of anilines is 3. The minimum atomic E-state index is -0.474. The third-order valence-corrected chi connectivity index (χ3v) is 7.81. The van der Waals surface area contributed by atoms with Crippen molar-refractivity contribution in [2.24, 2.45) is 5.73 Å². The Hall–Kier alpha value is -3.69. The second-order valence-corrected chi connectivity index (χ2v) is 10.9. The summed E-state index contributed by atoms with van der Waals surface area (Å²) in [4.78, 5) is 26.8. The van der Waals surface area contributed by atoms with E-state index in [1.165, 1.54) is 37.3 Å². The first-order chi connectivity index (χ1) is 18.4. The Morgan fingerprint density at radius 2 is 1.95 bits per heavy atom. The fourth-order valence-electron chi connectivity index (χ4n) is 4.75. The third kappa shape index (κ3) is 5.74. The highest BCUT2D eigenvalue weighted by atomic mass is 32.1. The minimum absolute atomic E-state index is 0.00351. The molecule has 2 aromatic heterocycles. The van der Waals surface area contributed by atoms with Gasteiger partial charge in [-0.15, -0.1) is 11.3 Å². The summed E-state index contributed by atoms with van der Waals surface area (Å²) < 4.78 is 6.99. The second-order valence-electron chi connectivity index (χ2n) is 9.89. The van der Waals surface area contributed by atoms with E-state index in [2.05, 4.69) is 39.3 Å². The van der Waals surface area contributed by atoms with Crippen molar-refractivity contribution in [2.75, 3.05) is 43.4 Å². The molecule has 198 valence electrons. The molecule has 3 N–H and O–H groups in total. The maximum Gasteiger partial charge on any atom is 0.259 e. The number of primary amides is 1. The molecule has 1 fully saturated rings. The van der Waals surface area contributed by atoms with Crippen molar-refractivity contribution in [1.82, 2.24) is 14.9 Å². The molecule has 1 aliphatic rings. The first kappa shape index (κ1) is 25.9. The second kappa shape index (κ2) is 11.4. The number of hydrogen-bond donors (Lipinski definition) is 2. The highest BCUT2D eigenvalue weighted by molar-refractivity contribution is 7.21. The van der Waals surface area contributed by atoms with Gasteiger partial charge in [0.05, 0.1) is 28.2 Å². The molecule has 3 heterocycles. The molecule has 0 bridgehead atoms. The van der Waals surface area contributed by atoms with Crippen LogP contribution >= 0.6 is 11.3 Å². The molecule has 5 rings (SSSR count). The fourth-order valence-corrected chi connectivity index (χ4v) is 5.74. The number of aromatic nitrogens is 2. The van der Waals surface area contributed by atoms with Gasteiger partial charge in [0.1, 0.15) is 10.6 Å². The van der Waals surface area contributed by atoms with Crippen molar-refractivity contribution >= 4 is 44.8 Å². The molecule has 1 amide bonds. The third-order valence-electron chi connectivity index (χ3n) is 6.68. The predicted molar refractivity (Wildman–Crippen MR) is 156 cm³/mol. The van der Waals surface area contributed by atoms with Gasteiger partial charge in [0.25, 0.3) is 5.91 Å². The number of fused-ring (bicyclic) bond motifs is 1. The number of thiophene rings is 1. The van der Waals surface area contributed by atoms with Crippen molar-refractivity contribution in [3.05, 3.63) is 59.6 Å². The summed E-state index contributed by atoms with van der Waals surface area (Å²) in [6.45, 7) is 8.43. The van der Waals surface area contributed by atoms with Crippen LogP contribution in [0.2, 0.25) is 0 Å². The van der Waals surface area contributed by atoms with E-state index in [-0.39, 0.29) is 6.10 Å². The topological polar surface area (TPSA) is 96.6 Å². The maximum atomic E-state index is 12.2.